The largest absolute Gasteiger partial charge is 0.468 e. The molecule has 0 fully saturated rings. The highest BCUT2D eigenvalue weighted by molar-refractivity contribution is 5.80. The van der Waals surface area contributed by atoms with Gasteiger partial charge >= 0.3 is 5.97 Å². The first-order valence-electron chi connectivity index (χ1n) is 7.59. The molecule has 120 valence electrons. The molecule has 0 amide bonds. The molecular formula is C15H32N2O3. The van der Waals surface area contributed by atoms with E-state index in [1.807, 2.05) is 20.8 Å². The van der Waals surface area contributed by atoms with Crippen molar-refractivity contribution in [2.75, 3.05) is 47.0 Å². The molecule has 0 bridgehead atoms. The van der Waals surface area contributed by atoms with E-state index in [4.69, 9.17) is 9.47 Å². The van der Waals surface area contributed by atoms with Gasteiger partial charge in [-0.25, -0.2) is 0 Å². The molecule has 5 heteroatoms. The summed E-state index contributed by atoms with van der Waals surface area (Å²) in [6.45, 7) is 10.2. The Hall–Kier alpha value is -0.650. The van der Waals surface area contributed by atoms with Crippen LogP contribution in [0.5, 0.6) is 0 Å². The maximum atomic E-state index is 11.8. The van der Waals surface area contributed by atoms with Gasteiger partial charge in [0.15, 0.2) is 0 Å². The fourth-order valence-electron chi connectivity index (χ4n) is 2.21. The van der Waals surface area contributed by atoms with Crippen molar-refractivity contribution in [1.82, 2.24) is 10.2 Å². The molecule has 0 aliphatic rings. The number of carbonyl (C=O) groups is 1. The number of methoxy groups -OCH3 is 1. The minimum Gasteiger partial charge on any atom is -0.468 e. The van der Waals surface area contributed by atoms with Crippen LogP contribution in [0.3, 0.4) is 0 Å². The van der Waals surface area contributed by atoms with E-state index in [1.54, 1.807) is 0 Å². The zero-order chi connectivity index (χ0) is 15.4. The van der Waals surface area contributed by atoms with Crippen LogP contribution in [-0.2, 0) is 14.3 Å². The zero-order valence-corrected chi connectivity index (χ0v) is 13.8. The van der Waals surface area contributed by atoms with E-state index in [2.05, 4.69) is 17.3 Å². The van der Waals surface area contributed by atoms with Gasteiger partial charge in [-0.15, -0.1) is 0 Å². The maximum absolute atomic E-state index is 11.8. The lowest BCUT2D eigenvalue weighted by Gasteiger charge is -2.27. The summed E-state index contributed by atoms with van der Waals surface area (Å²) in [4.78, 5) is 14.1. The lowest BCUT2D eigenvalue weighted by Crippen LogP contribution is -2.50. The molecule has 5 nitrogen and oxygen atoms in total. The second-order valence-corrected chi connectivity index (χ2v) is 5.31. The summed E-state index contributed by atoms with van der Waals surface area (Å²) in [7, 11) is 3.54. The molecule has 0 spiro atoms. The highest BCUT2D eigenvalue weighted by atomic mass is 16.5. The van der Waals surface area contributed by atoms with Crippen LogP contribution >= 0.6 is 0 Å². The van der Waals surface area contributed by atoms with E-state index >= 15 is 0 Å². The highest BCUT2D eigenvalue weighted by Gasteiger charge is 2.32. The van der Waals surface area contributed by atoms with Gasteiger partial charge in [-0.2, -0.15) is 0 Å². The number of carbonyl (C=O) groups excluding carboxylic acids is 1. The molecule has 0 saturated carbocycles. The number of likely N-dealkylation sites (N-methyl/N-ethyl adjacent to an activating group) is 2. The Morgan fingerprint density at radius 1 is 1.25 bits per heavy atom. The Balaban J connectivity index is 3.92. The van der Waals surface area contributed by atoms with Crippen LogP contribution in [0.1, 0.15) is 40.0 Å². The Bertz CT molecular complexity index is 262. The van der Waals surface area contributed by atoms with Gasteiger partial charge < -0.3 is 19.7 Å². The highest BCUT2D eigenvalue weighted by Crippen LogP contribution is 2.15. The van der Waals surface area contributed by atoms with Crippen molar-refractivity contribution in [3.63, 3.8) is 0 Å². The number of unbranched alkanes of at least 4 members (excludes halogenated alkanes) is 1. The van der Waals surface area contributed by atoms with Crippen LogP contribution in [0.4, 0.5) is 0 Å². The number of nitrogens with zero attached hydrogens (tertiary/aromatic N) is 1. The van der Waals surface area contributed by atoms with Crippen LogP contribution in [0.15, 0.2) is 0 Å². The van der Waals surface area contributed by atoms with E-state index in [9.17, 15) is 4.79 Å². The molecule has 0 radical (unpaired) electrons. The molecule has 0 aromatic carbocycles. The average molecular weight is 288 g/mol. The van der Waals surface area contributed by atoms with Gasteiger partial charge in [0.25, 0.3) is 0 Å². The van der Waals surface area contributed by atoms with Crippen molar-refractivity contribution in [2.45, 2.75) is 45.6 Å². The van der Waals surface area contributed by atoms with Crippen LogP contribution in [0.25, 0.3) is 0 Å². The summed E-state index contributed by atoms with van der Waals surface area (Å²) in [6.07, 6.45) is 2.87. The van der Waals surface area contributed by atoms with Crippen LogP contribution in [0.2, 0.25) is 0 Å². The minimum absolute atomic E-state index is 0.177. The quantitative estimate of drug-likeness (QED) is 0.437. The van der Waals surface area contributed by atoms with Crippen LogP contribution in [0, 0.1) is 0 Å². The summed E-state index contributed by atoms with van der Waals surface area (Å²) in [5.41, 5.74) is -0.562. The van der Waals surface area contributed by atoms with Crippen LogP contribution in [-0.4, -0.2) is 63.4 Å². The molecule has 0 rings (SSSR count). The fourth-order valence-corrected chi connectivity index (χ4v) is 2.21. The van der Waals surface area contributed by atoms with Crippen molar-refractivity contribution in [1.29, 1.82) is 0 Å². The third-order valence-corrected chi connectivity index (χ3v) is 3.49. The van der Waals surface area contributed by atoms with Gasteiger partial charge in [-0.05, 0) is 53.2 Å². The third-order valence-electron chi connectivity index (χ3n) is 3.49. The Morgan fingerprint density at radius 3 is 2.50 bits per heavy atom. The number of hydrogen-bond donors (Lipinski definition) is 1. The topological polar surface area (TPSA) is 50.8 Å². The average Bonchev–Trinajstić information content (AvgIpc) is 2.43. The van der Waals surface area contributed by atoms with Gasteiger partial charge in [0.1, 0.15) is 5.54 Å². The standard InChI is InChI=1S/C15H32N2O3/c1-6-16-15(3,14(18)19-5)10-8-9-11-17(4)12-13-20-7-2/h16H,6-13H2,1-5H3. The summed E-state index contributed by atoms with van der Waals surface area (Å²) >= 11 is 0. The molecule has 0 aliphatic heterocycles. The lowest BCUT2D eigenvalue weighted by atomic mass is 9.94. The summed E-state index contributed by atoms with van der Waals surface area (Å²) in [5, 5.41) is 3.23. The van der Waals surface area contributed by atoms with Crippen molar-refractivity contribution in [3.05, 3.63) is 0 Å². The molecular weight excluding hydrogens is 256 g/mol. The van der Waals surface area contributed by atoms with Gasteiger partial charge in [-0.3, -0.25) is 4.79 Å². The van der Waals surface area contributed by atoms with Gasteiger partial charge in [-0.1, -0.05) is 6.92 Å². The number of nitrogens with one attached hydrogen (secondary N) is 1. The Morgan fingerprint density at radius 2 is 1.95 bits per heavy atom. The molecule has 1 N–H and O–H groups in total. The van der Waals surface area contributed by atoms with E-state index in [0.717, 1.165) is 52.1 Å². The fraction of sp³-hybridized carbons (Fsp3) is 0.933. The summed E-state index contributed by atoms with van der Waals surface area (Å²) in [6, 6.07) is 0. The second kappa shape index (κ2) is 11.1. The molecule has 1 atom stereocenters. The SMILES string of the molecule is CCNC(C)(CCCCN(C)CCOCC)C(=O)OC. The zero-order valence-electron chi connectivity index (χ0n) is 13.8. The Kier molecular flexibility index (Phi) is 10.7. The van der Waals surface area contributed by atoms with Crippen LogP contribution < -0.4 is 5.32 Å². The van der Waals surface area contributed by atoms with Gasteiger partial charge in [0.05, 0.1) is 13.7 Å². The van der Waals surface area contributed by atoms with Crippen molar-refractivity contribution in [2.24, 2.45) is 0 Å². The molecule has 0 aromatic heterocycles. The molecule has 0 saturated heterocycles. The van der Waals surface area contributed by atoms with E-state index in [1.165, 1.54) is 7.11 Å². The third kappa shape index (κ3) is 7.82. The van der Waals surface area contributed by atoms with Crippen molar-refractivity contribution in [3.8, 4) is 0 Å². The first-order chi connectivity index (χ1) is 9.50. The first-order valence-corrected chi connectivity index (χ1v) is 7.59. The van der Waals surface area contributed by atoms with E-state index in [0.29, 0.717) is 0 Å². The normalized spacial score (nSPS) is 14.3. The molecule has 20 heavy (non-hydrogen) atoms. The van der Waals surface area contributed by atoms with E-state index < -0.39 is 5.54 Å². The summed E-state index contributed by atoms with van der Waals surface area (Å²) < 4.78 is 10.2. The number of hydrogen-bond acceptors (Lipinski definition) is 5. The predicted molar refractivity (Wildman–Crippen MR) is 81.9 cm³/mol. The lowest BCUT2D eigenvalue weighted by molar-refractivity contribution is -0.148. The monoisotopic (exact) mass is 288 g/mol. The smallest absolute Gasteiger partial charge is 0.325 e. The Labute approximate surface area is 124 Å². The van der Waals surface area contributed by atoms with Gasteiger partial charge in [0, 0.05) is 13.2 Å². The second-order valence-electron chi connectivity index (χ2n) is 5.31. The van der Waals surface area contributed by atoms with E-state index in [-0.39, 0.29) is 5.97 Å². The summed E-state index contributed by atoms with van der Waals surface area (Å²) in [5.74, 6) is -0.177. The van der Waals surface area contributed by atoms with Crippen molar-refractivity contribution < 1.29 is 14.3 Å². The molecule has 1 unspecified atom stereocenters. The molecule has 0 aromatic rings. The number of esters is 1. The maximum Gasteiger partial charge on any atom is 0.325 e. The minimum atomic E-state index is -0.562. The first kappa shape index (κ1) is 19.4. The van der Waals surface area contributed by atoms with Crippen molar-refractivity contribution >= 4 is 5.97 Å². The number of rotatable bonds is 12. The predicted octanol–water partition coefficient (Wildman–Crippen LogP) is 1.67. The molecule has 0 aliphatic carbocycles. The number of ether oxygens (including phenoxy) is 2. The van der Waals surface area contributed by atoms with Gasteiger partial charge in [0.2, 0.25) is 0 Å². The molecule has 0 heterocycles.